The quantitative estimate of drug-likeness (QED) is 0.701. The number of nitrogens with zero attached hydrogens (tertiary/aromatic N) is 1. The molecule has 1 rings (SSSR count). The molecule has 1 unspecified atom stereocenters. The van der Waals surface area contributed by atoms with Crippen LogP contribution in [-0.4, -0.2) is 42.4 Å². The Morgan fingerprint density at radius 1 is 1.31 bits per heavy atom. The van der Waals surface area contributed by atoms with Crippen LogP contribution in [0.2, 0.25) is 0 Å². The van der Waals surface area contributed by atoms with Gasteiger partial charge in [0.15, 0.2) is 0 Å². The molecule has 0 spiro atoms. The maximum absolute atomic E-state index is 11.7. The fourth-order valence-corrected chi connectivity index (χ4v) is 1.73. The Kier molecular flexibility index (Phi) is 5.25. The smallest absolute Gasteiger partial charge is 0.241 e. The van der Waals surface area contributed by atoms with E-state index in [4.69, 9.17) is 5.73 Å². The number of hydrogen-bond donors (Lipinski definition) is 2. The van der Waals surface area contributed by atoms with Gasteiger partial charge in [-0.15, -0.1) is 0 Å². The number of nitrogens with one attached hydrogen (secondary N) is 1. The summed E-state index contributed by atoms with van der Waals surface area (Å²) in [6.07, 6.45) is 3.91. The molecular formula is C11H21N3O2. The molecule has 1 heterocycles. The minimum absolute atomic E-state index is 0.00338. The highest BCUT2D eigenvalue weighted by molar-refractivity contribution is 5.87. The van der Waals surface area contributed by atoms with E-state index < -0.39 is 6.04 Å². The first-order valence-electron chi connectivity index (χ1n) is 5.96. The Balaban J connectivity index is 2.26. The molecule has 0 saturated carbocycles. The Labute approximate surface area is 96.4 Å². The average Bonchev–Trinajstić information content (AvgIpc) is 2.35. The zero-order valence-electron chi connectivity index (χ0n) is 9.87. The van der Waals surface area contributed by atoms with Gasteiger partial charge in [-0.25, -0.2) is 0 Å². The summed E-state index contributed by atoms with van der Waals surface area (Å²) >= 11 is 0. The number of likely N-dealkylation sites (tertiary alicyclic amines) is 1. The van der Waals surface area contributed by atoms with Gasteiger partial charge in [-0.05, 0) is 25.7 Å². The number of hydrogen-bond acceptors (Lipinski definition) is 3. The third-order valence-electron chi connectivity index (χ3n) is 2.90. The minimum atomic E-state index is -0.505. The molecular weight excluding hydrogens is 206 g/mol. The predicted octanol–water partition coefficient (Wildman–Crippen LogP) is -0.148. The van der Waals surface area contributed by atoms with Crippen molar-refractivity contribution in [1.29, 1.82) is 0 Å². The SMILES string of the molecule is CCC(N)C(=O)NCC(=O)N1CCCCC1. The fraction of sp³-hybridized carbons (Fsp3) is 0.818. The van der Waals surface area contributed by atoms with Crippen molar-refractivity contribution in [2.24, 2.45) is 5.73 Å². The van der Waals surface area contributed by atoms with Gasteiger partial charge in [-0.2, -0.15) is 0 Å². The third-order valence-corrected chi connectivity index (χ3v) is 2.90. The molecule has 5 nitrogen and oxygen atoms in total. The molecule has 1 fully saturated rings. The van der Waals surface area contributed by atoms with Gasteiger partial charge in [0.1, 0.15) is 0 Å². The number of carbonyl (C=O) groups is 2. The summed E-state index contributed by atoms with van der Waals surface area (Å²) in [7, 11) is 0. The van der Waals surface area contributed by atoms with Crippen molar-refractivity contribution in [3.05, 3.63) is 0 Å². The molecule has 16 heavy (non-hydrogen) atoms. The molecule has 92 valence electrons. The molecule has 1 aliphatic heterocycles. The number of rotatable bonds is 4. The minimum Gasteiger partial charge on any atom is -0.346 e. The topological polar surface area (TPSA) is 75.4 Å². The summed E-state index contributed by atoms with van der Waals surface area (Å²) in [5.74, 6) is -0.246. The summed E-state index contributed by atoms with van der Waals surface area (Å²) in [6.45, 7) is 3.55. The van der Waals surface area contributed by atoms with Gasteiger partial charge in [0.2, 0.25) is 11.8 Å². The molecule has 5 heteroatoms. The van der Waals surface area contributed by atoms with Gasteiger partial charge in [0, 0.05) is 13.1 Å². The summed E-state index contributed by atoms with van der Waals surface area (Å²) in [4.78, 5) is 24.8. The van der Waals surface area contributed by atoms with Crippen molar-refractivity contribution in [1.82, 2.24) is 10.2 Å². The van der Waals surface area contributed by atoms with Gasteiger partial charge in [-0.3, -0.25) is 9.59 Å². The van der Waals surface area contributed by atoms with Crippen LogP contribution in [0.5, 0.6) is 0 Å². The van der Waals surface area contributed by atoms with E-state index in [0.717, 1.165) is 25.9 Å². The van der Waals surface area contributed by atoms with E-state index in [1.54, 1.807) is 4.90 Å². The lowest BCUT2D eigenvalue weighted by atomic mass is 10.1. The highest BCUT2D eigenvalue weighted by Crippen LogP contribution is 2.08. The lowest BCUT2D eigenvalue weighted by molar-refractivity contribution is -0.133. The maximum atomic E-state index is 11.7. The molecule has 0 radical (unpaired) electrons. The van der Waals surface area contributed by atoms with E-state index in [9.17, 15) is 9.59 Å². The second-order valence-electron chi connectivity index (χ2n) is 4.17. The molecule has 1 atom stereocenters. The van der Waals surface area contributed by atoms with E-state index in [0.29, 0.717) is 6.42 Å². The summed E-state index contributed by atoms with van der Waals surface area (Å²) in [5.41, 5.74) is 5.54. The molecule has 0 bridgehead atoms. The number of carbonyl (C=O) groups excluding carboxylic acids is 2. The average molecular weight is 227 g/mol. The number of nitrogens with two attached hydrogens (primary N) is 1. The van der Waals surface area contributed by atoms with Crippen molar-refractivity contribution in [2.45, 2.75) is 38.6 Å². The van der Waals surface area contributed by atoms with Crippen LogP contribution in [0.1, 0.15) is 32.6 Å². The molecule has 0 aromatic heterocycles. The van der Waals surface area contributed by atoms with Crippen molar-refractivity contribution >= 4 is 11.8 Å². The van der Waals surface area contributed by atoms with Gasteiger partial charge in [0.25, 0.3) is 0 Å². The Morgan fingerprint density at radius 2 is 1.94 bits per heavy atom. The van der Waals surface area contributed by atoms with Crippen LogP contribution in [0, 0.1) is 0 Å². The van der Waals surface area contributed by atoms with E-state index in [-0.39, 0.29) is 18.4 Å². The molecule has 0 aliphatic carbocycles. The summed E-state index contributed by atoms with van der Waals surface area (Å²) < 4.78 is 0. The first-order chi connectivity index (χ1) is 7.65. The van der Waals surface area contributed by atoms with E-state index in [2.05, 4.69) is 5.32 Å². The van der Waals surface area contributed by atoms with Gasteiger partial charge in [-0.1, -0.05) is 6.92 Å². The Morgan fingerprint density at radius 3 is 2.50 bits per heavy atom. The molecule has 1 aliphatic rings. The van der Waals surface area contributed by atoms with Gasteiger partial charge in [0.05, 0.1) is 12.6 Å². The number of amides is 2. The highest BCUT2D eigenvalue weighted by Gasteiger charge is 2.18. The summed E-state index contributed by atoms with van der Waals surface area (Å²) in [6, 6.07) is -0.505. The van der Waals surface area contributed by atoms with Gasteiger partial charge >= 0.3 is 0 Å². The summed E-state index contributed by atoms with van der Waals surface area (Å²) in [5, 5.41) is 2.58. The number of piperidine rings is 1. The van der Waals surface area contributed by atoms with E-state index >= 15 is 0 Å². The Hall–Kier alpha value is -1.10. The van der Waals surface area contributed by atoms with Crippen molar-refractivity contribution in [3.8, 4) is 0 Å². The molecule has 0 aromatic carbocycles. The standard InChI is InChI=1S/C11H21N3O2/c1-2-9(12)11(16)13-8-10(15)14-6-4-3-5-7-14/h9H,2-8,12H2,1H3,(H,13,16). The molecule has 1 saturated heterocycles. The van der Waals surface area contributed by atoms with Crippen molar-refractivity contribution in [2.75, 3.05) is 19.6 Å². The predicted molar refractivity (Wildman–Crippen MR) is 61.7 cm³/mol. The lowest BCUT2D eigenvalue weighted by Crippen LogP contribution is -2.46. The van der Waals surface area contributed by atoms with Crippen LogP contribution in [0.3, 0.4) is 0 Å². The monoisotopic (exact) mass is 227 g/mol. The van der Waals surface area contributed by atoms with Crippen LogP contribution in [0.4, 0.5) is 0 Å². The highest BCUT2D eigenvalue weighted by atomic mass is 16.2. The van der Waals surface area contributed by atoms with Crippen LogP contribution < -0.4 is 11.1 Å². The lowest BCUT2D eigenvalue weighted by Gasteiger charge is -2.26. The first kappa shape index (κ1) is 13.0. The van der Waals surface area contributed by atoms with E-state index in [1.807, 2.05) is 6.92 Å². The van der Waals surface area contributed by atoms with Gasteiger partial charge < -0.3 is 16.0 Å². The van der Waals surface area contributed by atoms with E-state index in [1.165, 1.54) is 6.42 Å². The second kappa shape index (κ2) is 6.48. The fourth-order valence-electron chi connectivity index (χ4n) is 1.73. The van der Waals surface area contributed by atoms with Crippen LogP contribution in [0.25, 0.3) is 0 Å². The normalized spacial score (nSPS) is 18.0. The Bertz CT molecular complexity index is 250. The van der Waals surface area contributed by atoms with Crippen LogP contribution >= 0.6 is 0 Å². The largest absolute Gasteiger partial charge is 0.346 e. The zero-order chi connectivity index (χ0) is 12.0. The van der Waals surface area contributed by atoms with Crippen molar-refractivity contribution in [3.63, 3.8) is 0 Å². The first-order valence-corrected chi connectivity index (χ1v) is 5.96. The maximum Gasteiger partial charge on any atom is 0.241 e. The zero-order valence-corrected chi connectivity index (χ0v) is 9.87. The van der Waals surface area contributed by atoms with Crippen molar-refractivity contribution < 1.29 is 9.59 Å². The third kappa shape index (κ3) is 3.81. The molecule has 3 N–H and O–H groups in total. The molecule has 0 aromatic rings. The second-order valence-corrected chi connectivity index (χ2v) is 4.17. The molecule has 2 amide bonds. The van der Waals surface area contributed by atoms with Crippen LogP contribution in [0.15, 0.2) is 0 Å². The van der Waals surface area contributed by atoms with Crippen LogP contribution in [-0.2, 0) is 9.59 Å².